The van der Waals surface area contributed by atoms with E-state index in [0.29, 0.717) is 19.5 Å². The highest BCUT2D eigenvalue weighted by molar-refractivity contribution is 5.86. The van der Waals surface area contributed by atoms with E-state index in [1.54, 1.807) is 18.0 Å². The lowest BCUT2D eigenvalue weighted by Crippen LogP contribution is -2.48. The number of hydrogen-bond acceptors (Lipinski definition) is 9. The molecule has 0 spiro atoms. The number of aromatic nitrogens is 4. The van der Waals surface area contributed by atoms with Crippen LogP contribution in [0.5, 0.6) is 0 Å². The van der Waals surface area contributed by atoms with Gasteiger partial charge in [-0.05, 0) is 74.9 Å². The van der Waals surface area contributed by atoms with Gasteiger partial charge in [-0.15, -0.1) is 0 Å². The number of rotatable bonds is 12. The van der Waals surface area contributed by atoms with Crippen molar-refractivity contribution >= 4 is 35.0 Å². The maximum Gasteiger partial charge on any atom is 0.407 e. The monoisotopic (exact) mass is 742 g/mol. The van der Waals surface area contributed by atoms with Gasteiger partial charge in [0.15, 0.2) is 0 Å². The molecule has 1 saturated heterocycles. The molecule has 1 aliphatic rings. The number of unbranched alkanes of at least 4 members (excludes halogenated alkanes) is 1. The van der Waals surface area contributed by atoms with Crippen molar-refractivity contribution in [1.82, 2.24) is 40.8 Å². The minimum Gasteiger partial charge on any atom is -0.453 e. The highest BCUT2D eigenvalue weighted by Gasteiger charge is 2.35. The number of nitrogens with zero attached hydrogens (tertiary/aromatic N) is 3. The van der Waals surface area contributed by atoms with E-state index in [1.165, 1.54) is 21.3 Å². The molecule has 1 fully saturated rings. The third-order valence-electron chi connectivity index (χ3n) is 8.74. The van der Waals surface area contributed by atoms with Crippen LogP contribution in [-0.2, 0) is 25.5 Å². The van der Waals surface area contributed by atoms with Crippen LogP contribution in [0.2, 0.25) is 0 Å². The van der Waals surface area contributed by atoms with Gasteiger partial charge >= 0.3 is 12.2 Å². The van der Waals surface area contributed by atoms with Crippen molar-refractivity contribution in [3.8, 4) is 23.1 Å². The number of amides is 4. The van der Waals surface area contributed by atoms with Gasteiger partial charge in [-0.2, -0.15) is 0 Å². The quantitative estimate of drug-likeness (QED) is 0.0902. The number of aliphatic hydroxyl groups excluding tert-OH is 1. The molecular weight excluding hydrogens is 692 g/mol. The van der Waals surface area contributed by atoms with Gasteiger partial charge in [0.25, 0.3) is 0 Å². The molecule has 15 nitrogen and oxygen atoms in total. The second kappa shape index (κ2) is 20.4. The third kappa shape index (κ3) is 11.8. The number of hydrogen-bond donors (Lipinski definition) is 6. The van der Waals surface area contributed by atoms with E-state index in [4.69, 9.17) is 0 Å². The van der Waals surface area contributed by atoms with Gasteiger partial charge in [0, 0.05) is 37.7 Å². The maximum absolute atomic E-state index is 13.2. The summed E-state index contributed by atoms with van der Waals surface area (Å²) in [4.78, 5) is 64.3. The summed E-state index contributed by atoms with van der Waals surface area (Å²) in [6.07, 6.45) is 4.85. The standard InChI is InChI=1S/C36H43N7O5.C3H7NO2/c1-4-27(42-36(47)48-3)35(46)43-19-7-8-31(43)34-38-22-30(41-34)26-15-12-24(13-16-26)10-11-25-14-17-28-29(21-25)40-32(39-28)9-5-6-18-37-33(45)20-23(2)44;1-4-3(5)6-2/h12-17,21-23,27,31,44H,4-9,18-20H2,1-3H3,(H,37,45)(H,38,41)(H,39,40)(H,42,47);1-2H3,(H,4,5). The summed E-state index contributed by atoms with van der Waals surface area (Å²) in [6.45, 7) is 4.64. The van der Waals surface area contributed by atoms with Gasteiger partial charge in [0.1, 0.15) is 17.7 Å². The summed E-state index contributed by atoms with van der Waals surface area (Å²) in [5, 5.41) is 17.0. The number of alkyl carbamates (subject to hydrolysis) is 2. The zero-order valence-electron chi connectivity index (χ0n) is 31.5. The smallest absolute Gasteiger partial charge is 0.407 e. The van der Waals surface area contributed by atoms with Crippen molar-refractivity contribution in [2.24, 2.45) is 0 Å². The summed E-state index contributed by atoms with van der Waals surface area (Å²) in [5.74, 6) is 7.84. The fraction of sp³-hybridized carbons (Fsp3) is 0.436. The van der Waals surface area contributed by atoms with Gasteiger partial charge in [0.05, 0.1) is 55.7 Å². The molecule has 0 radical (unpaired) electrons. The molecule has 0 aliphatic carbocycles. The van der Waals surface area contributed by atoms with Crippen molar-refractivity contribution in [2.75, 3.05) is 34.4 Å². The van der Waals surface area contributed by atoms with E-state index in [0.717, 1.165) is 77.2 Å². The summed E-state index contributed by atoms with van der Waals surface area (Å²) in [7, 11) is 4.11. The first kappa shape index (κ1) is 40.9. The Kier molecular flexibility index (Phi) is 15.4. The Labute approximate surface area is 315 Å². The zero-order chi connectivity index (χ0) is 39.0. The maximum atomic E-state index is 13.2. The van der Waals surface area contributed by atoms with Gasteiger partial charge in [-0.25, -0.2) is 19.6 Å². The number of carbonyl (C=O) groups is 4. The molecular formula is C39H50N8O7. The van der Waals surface area contributed by atoms with Crippen molar-refractivity contribution in [3.63, 3.8) is 0 Å². The van der Waals surface area contributed by atoms with Crippen LogP contribution in [-0.4, -0.2) is 100 Å². The van der Waals surface area contributed by atoms with Crippen LogP contribution < -0.4 is 16.0 Å². The van der Waals surface area contributed by atoms with Crippen LogP contribution in [0.25, 0.3) is 22.3 Å². The number of H-pyrrole nitrogens is 2. The minimum atomic E-state index is -0.647. The van der Waals surface area contributed by atoms with Gasteiger partial charge in [-0.3, -0.25) is 9.59 Å². The predicted molar refractivity (Wildman–Crippen MR) is 203 cm³/mol. The van der Waals surface area contributed by atoms with Gasteiger partial charge in [0.2, 0.25) is 11.8 Å². The van der Waals surface area contributed by atoms with Crippen LogP contribution in [0.4, 0.5) is 9.59 Å². The summed E-state index contributed by atoms with van der Waals surface area (Å²) < 4.78 is 8.83. The Morgan fingerprint density at radius 3 is 2.41 bits per heavy atom. The highest BCUT2D eigenvalue weighted by Crippen LogP contribution is 2.32. The summed E-state index contributed by atoms with van der Waals surface area (Å²) in [6, 6.07) is 13.0. The number of likely N-dealkylation sites (tertiary alicyclic amines) is 1. The Hall–Kier alpha value is -5.88. The number of carbonyl (C=O) groups excluding carboxylic acids is 4. The number of imidazole rings is 2. The summed E-state index contributed by atoms with van der Waals surface area (Å²) >= 11 is 0. The van der Waals surface area contributed by atoms with E-state index in [9.17, 15) is 24.3 Å². The number of nitrogens with one attached hydrogen (secondary N) is 5. The first-order valence-electron chi connectivity index (χ1n) is 18.1. The Balaban J connectivity index is 0.000001000. The first-order chi connectivity index (χ1) is 26.0. The molecule has 3 heterocycles. The number of ether oxygens (including phenoxy) is 2. The molecule has 3 unspecified atom stereocenters. The SMILES string of the molecule is CCC(NC(=O)OC)C(=O)N1CCCC1c1ncc(-c2ccc(C#Cc3ccc4nc(CCCCNC(=O)CC(C)O)[nH]c4c3)cc2)[nH]1.CNC(=O)OC. The van der Waals surface area contributed by atoms with E-state index in [-0.39, 0.29) is 24.3 Å². The molecule has 4 aromatic rings. The highest BCUT2D eigenvalue weighted by atomic mass is 16.5. The second-order valence-corrected chi connectivity index (χ2v) is 12.8. The number of aliphatic hydroxyl groups is 1. The fourth-order valence-corrected chi connectivity index (χ4v) is 5.93. The number of aromatic amines is 2. The summed E-state index contributed by atoms with van der Waals surface area (Å²) in [5.41, 5.74) is 5.38. The van der Waals surface area contributed by atoms with E-state index < -0.39 is 24.3 Å². The minimum absolute atomic E-state index is 0.123. The van der Waals surface area contributed by atoms with Gasteiger partial charge < -0.3 is 45.4 Å². The van der Waals surface area contributed by atoms with E-state index in [1.807, 2.05) is 49.4 Å². The lowest BCUT2D eigenvalue weighted by molar-refractivity contribution is -0.134. The number of fused-ring (bicyclic) bond motifs is 1. The molecule has 288 valence electrons. The normalized spacial score (nSPS) is 14.5. The average molecular weight is 743 g/mol. The van der Waals surface area contributed by atoms with Crippen LogP contribution in [0, 0.1) is 11.8 Å². The largest absolute Gasteiger partial charge is 0.453 e. The van der Waals surface area contributed by atoms with Crippen molar-refractivity contribution in [3.05, 3.63) is 71.4 Å². The Morgan fingerprint density at radius 2 is 1.74 bits per heavy atom. The zero-order valence-corrected chi connectivity index (χ0v) is 31.5. The predicted octanol–water partition coefficient (Wildman–Crippen LogP) is 4.33. The molecule has 0 saturated carbocycles. The topological polar surface area (TPSA) is 204 Å². The number of aryl methyl sites for hydroxylation is 1. The molecule has 5 rings (SSSR count). The van der Waals surface area contributed by atoms with Crippen molar-refractivity contribution < 1.29 is 33.8 Å². The molecule has 0 bridgehead atoms. The molecule has 4 amide bonds. The Bertz CT molecular complexity index is 1920. The lowest BCUT2D eigenvalue weighted by atomic mass is 10.1. The molecule has 1 aliphatic heterocycles. The first-order valence-corrected chi connectivity index (χ1v) is 18.1. The van der Waals surface area contributed by atoms with Crippen molar-refractivity contribution in [1.29, 1.82) is 0 Å². The molecule has 2 aromatic carbocycles. The van der Waals surface area contributed by atoms with Crippen LogP contribution in [0.1, 0.15) is 81.2 Å². The lowest BCUT2D eigenvalue weighted by Gasteiger charge is -2.27. The van der Waals surface area contributed by atoms with E-state index >= 15 is 0 Å². The molecule has 6 N–H and O–H groups in total. The fourth-order valence-electron chi connectivity index (χ4n) is 5.93. The van der Waals surface area contributed by atoms with Crippen LogP contribution in [0.3, 0.4) is 0 Å². The molecule has 2 aromatic heterocycles. The molecule has 54 heavy (non-hydrogen) atoms. The molecule has 3 atom stereocenters. The molecule has 15 heteroatoms. The Morgan fingerprint density at radius 1 is 1.02 bits per heavy atom. The van der Waals surface area contributed by atoms with Crippen LogP contribution in [0.15, 0.2) is 48.7 Å². The average Bonchev–Trinajstić information content (AvgIpc) is 3.95. The number of methoxy groups -OCH3 is 2. The van der Waals surface area contributed by atoms with Gasteiger partial charge in [-0.1, -0.05) is 30.9 Å². The van der Waals surface area contributed by atoms with E-state index in [2.05, 4.69) is 57.2 Å². The second-order valence-electron chi connectivity index (χ2n) is 12.8. The van der Waals surface area contributed by atoms with Crippen LogP contribution >= 0.6 is 0 Å². The number of benzene rings is 2. The van der Waals surface area contributed by atoms with Crippen molar-refractivity contribution in [2.45, 2.75) is 77.0 Å². The third-order valence-corrected chi connectivity index (χ3v) is 8.74.